The van der Waals surface area contributed by atoms with Crippen molar-refractivity contribution in [1.82, 2.24) is 15.0 Å². The van der Waals surface area contributed by atoms with Crippen LogP contribution in [0.2, 0.25) is 0 Å². The monoisotopic (exact) mass is 330 g/mol. The van der Waals surface area contributed by atoms with Gasteiger partial charge in [0.25, 0.3) is 0 Å². The van der Waals surface area contributed by atoms with Crippen molar-refractivity contribution in [3.8, 4) is 0 Å². The van der Waals surface area contributed by atoms with Gasteiger partial charge in [-0.05, 0) is 18.8 Å². The van der Waals surface area contributed by atoms with E-state index in [9.17, 15) is 15.3 Å². The Morgan fingerprint density at radius 2 is 2.39 bits per heavy atom. The first-order chi connectivity index (χ1) is 10.9. The zero-order valence-electron chi connectivity index (χ0n) is 13.0. The highest BCUT2D eigenvalue weighted by atomic mass is 16.7. The van der Waals surface area contributed by atoms with E-state index in [0.717, 1.165) is 0 Å². The number of aliphatic hydroxyl groups excluding tert-OH is 1. The number of aliphatic hydroxyl groups is 1. The van der Waals surface area contributed by atoms with E-state index in [1.165, 1.54) is 17.0 Å². The van der Waals surface area contributed by atoms with E-state index in [4.69, 9.17) is 15.7 Å². The standard InChI is InChI=1S/C12H22N6O5/c1-12(2,16-23-9(7-13)8-19)10(15-20)3-5-17-6-4-14-11(17)18(21)22/h4,6,9,16,19-20H,3,5,7-8,13H2,1-2H3/b15-10+. The quantitative estimate of drug-likeness (QED) is 0.195. The summed E-state index contributed by atoms with van der Waals surface area (Å²) in [4.78, 5) is 19.1. The molecule has 23 heavy (non-hydrogen) atoms. The second kappa shape index (κ2) is 8.53. The van der Waals surface area contributed by atoms with Gasteiger partial charge in [0, 0.05) is 13.0 Å². The van der Waals surface area contributed by atoms with Crippen molar-refractivity contribution in [3.05, 3.63) is 22.5 Å². The van der Waals surface area contributed by atoms with Crippen LogP contribution in [-0.2, 0) is 11.4 Å². The predicted molar refractivity (Wildman–Crippen MR) is 80.9 cm³/mol. The van der Waals surface area contributed by atoms with E-state index < -0.39 is 16.6 Å². The lowest BCUT2D eigenvalue weighted by Crippen LogP contribution is -2.50. The van der Waals surface area contributed by atoms with Gasteiger partial charge >= 0.3 is 5.95 Å². The third-order valence-corrected chi connectivity index (χ3v) is 3.24. The summed E-state index contributed by atoms with van der Waals surface area (Å²) in [6.45, 7) is 3.48. The van der Waals surface area contributed by atoms with E-state index in [2.05, 4.69) is 15.6 Å². The molecule has 0 fully saturated rings. The average Bonchev–Trinajstić information content (AvgIpc) is 2.97. The number of hydrogen-bond donors (Lipinski definition) is 4. The zero-order valence-corrected chi connectivity index (χ0v) is 13.0. The van der Waals surface area contributed by atoms with Crippen LogP contribution in [0.1, 0.15) is 20.3 Å². The predicted octanol–water partition coefficient (Wildman–Crippen LogP) is -0.369. The van der Waals surface area contributed by atoms with Gasteiger partial charge in [-0.1, -0.05) is 10.1 Å². The minimum absolute atomic E-state index is 0.117. The van der Waals surface area contributed by atoms with Crippen LogP contribution < -0.4 is 11.2 Å². The highest BCUT2D eigenvalue weighted by molar-refractivity contribution is 5.92. The molecule has 1 unspecified atom stereocenters. The second-order valence-corrected chi connectivity index (χ2v) is 5.36. The van der Waals surface area contributed by atoms with Crippen LogP contribution in [0.5, 0.6) is 0 Å². The normalized spacial score (nSPS) is 14.0. The van der Waals surface area contributed by atoms with Gasteiger partial charge in [0.2, 0.25) is 0 Å². The number of imidazole rings is 1. The molecule has 11 heteroatoms. The van der Waals surface area contributed by atoms with Crippen LogP contribution in [0, 0.1) is 10.1 Å². The van der Waals surface area contributed by atoms with Crippen LogP contribution >= 0.6 is 0 Å². The number of nitro groups is 1. The lowest BCUT2D eigenvalue weighted by molar-refractivity contribution is -0.396. The number of oxime groups is 1. The van der Waals surface area contributed by atoms with Crippen molar-refractivity contribution in [2.24, 2.45) is 10.9 Å². The van der Waals surface area contributed by atoms with E-state index in [-0.39, 0.29) is 32.1 Å². The average molecular weight is 330 g/mol. The molecule has 11 nitrogen and oxygen atoms in total. The summed E-state index contributed by atoms with van der Waals surface area (Å²) in [6.07, 6.45) is 2.43. The van der Waals surface area contributed by atoms with E-state index in [0.29, 0.717) is 5.71 Å². The number of aromatic nitrogens is 2. The molecule has 0 spiro atoms. The fourth-order valence-corrected chi connectivity index (χ4v) is 1.81. The Morgan fingerprint density at radius 3 is 2.91 bits per heavy atom. The summed E-state index contributed by atoms with van der Waals surface area (Å²) in [5, 5.41) is 32.3. The van der Waals surface area contributed by atoms with Gasteiger partial charge in [-0.3, -0.25) is 4.84 Å². The highest BCUT2D eigenvalue weighted by Gasteiger charge is 2.28. The molecular weight excluding hydrogens is 308 g/mol. The summed E-state index contributed by atoms with van der Waals surface area (Å²) < 4.78 is 1.35. The van der Waals surface area contributed by atoms with Crippen LogP contribution in [0.4, 0.5) is 5.95 Å². The molecule has 0 aliphatic rings. The Hall–Kier alpha value is -2.08. The lowest BCUT2D eigenvalue weighted by Gasteiger charge is -2.28. The summed E-state index contributed by atoms with van der Waals surface area (Å²) >= 11 is 0. The van der Waals surface area contributed by atoms with Crippen molar-refractivity contribution >= 4 is 11.7 Å². The molecule has 1 atom stereocenters. The summed E-state index contributed by atoms with van der Waals surface area (Å²) in [5.41, 5.74) is 7.55. The smallest absolute Gasteiger partial charge is 0.411 e. The number of rotatable bonds is 10. The molecule has 0 saturated heterocycles. The fraction of sp³-hybridized carbons (Fsp3) is 0.667. The first kappa shape index (κ1) is 19.0. The SMILES string of the molecule is CC(C)(NOC(CN)CO)/C(CCn1ccnc1[N+](=O)[O-])=N/O. The lowest BCUT2D eigenvalue weighted by atomic mass is 9.97. The van der Waals surface area contributed by atoms with Crippen molar-refractivity contribution in [1.29, 1.82) is 0 Å². The molecule has 0 aliphatic heterocycles. The van der Waals surface area contributed by atoms with Gasteiger partial charge in [-0.2, -0.15) is 5.48 Å². The largest absolute Gasteiger partial charge is 0.434 e. The van der Waals surface area contributed by atoms with Crippen LogP contribution in [0.25, 0.3) is 0 Å². The highest BCUT2D eigenvalue weighted by Crippen LogP contribution is 2.14. The Morgan fingerprint density at radius 1 is 1.70 bits per heavy atom. The molecule has 0 saturated carbocycles. The molecule has 0 amide bonds. The molecule has 1 heterocycles. The Bertz CT molecular complexity index is 540. The van der Waals surface area contributed by atoms with Crippen LogP contribution in [-0.4, -0.2) is 55.3 Å². The van der Waals surface area contributed by atoms with E-state index in [1.807, 2.05) is 0 Å². The molecular formula is C12H22N6O5. The van der Waals surface area contributed by atoms with Gasteiger partial charge in [0.15, 0.2) is 0 Å². The molecule has 0 bridgehead atoms. The minimum atomic E-state index is -0.868. The molecule has 130 valence electrons. The third kappa shape index (κ3) is 5.25. The van der Waals surface area contributed by atoms with Crippen LogP contribution in [0.3, 0.4) is 0 Å². The minimum Gasteiger partial charge on any atom is -0.411 e. The Labute approximate surface area is 132 Å². The first-order valence-electron chi connectivity index (χ1n) is 6.96. The number of nitrogens with one attached hydrogen (secondary N) is 1. The maximum absolute atomic E-state index is 10.8. The second-order valence-electron chi connectivity index (χ2n) is 5.36. The molecule has 1 aromatic rings. The van der Waals surface area contributed by atoms with Gasteiger partial charge < -0.3 is 26.2 Å². The molecule has 0 aliphatic carbocycles. The number of nitrogens with two attached hydrogens (primary N) is 1. The maximum atomic E-state index is 10.8. The molecule has 5 N–H and O–H groups in total. The number of aryl methyl sites for hydroxylation is 1. The third-order valence-electron chi connectivity index (χ3n) is 3.24. The number of nitrogens with zero attached hydrogens (tertiary/aromatic N) is 4. The summed E-state index contributed by atoms with van der Waals surface area (Å²) in [5.74, 6) is -0.284. The van der Waals surface area contributed by atoms with Gasteiger partial charge in [-0.25, -0.2) is 4.57 Å². The van der Waals surface area contributed by atoms with Gasteiger partial charge in [0.1, 0.15) is 18.5 Å². The molecule has 1 rings (SSSR count). The molecule has 1 aromatic heterocycles. The van der Waals surface area contributed by atoms with Crippen LogP contribution in [0.15, 0.2) is 17.5 Å². The van der Waals surface area contributed by atoms with Gasteiger partial charge in [-0.15, -0.1) is 0 Å². The van der Waals surface area contributed by atoms with Crippen molar-refractivity contribution in [2.45, 2.75) is 38.5 Å². The Kier molecular flexibility index (Phi) is 7.03. The maximum Gasteiger partial charge on any atom is 0.434 e. The van der Waals surface area contributed by atoms with E-state index >= 15 is 0 Å². The first-order valence-corrected chi connectivity index (χ1v) is 6.96. The Balaban J connectivity index is 2.68. The summed E-state index contributed by atoms with van der Waals surface area (Å²) in [6, 6.07) is 0. The fourth-order valence-electron chi connectivity index (χ4n) is 1.81. The number of hydroxylamine groups is 1. The molecule has 0 radical (unpaired) electrons. The van der Waals surface area contributed by atoms with Gasteiger partial charge in [0.05, 0.1) is 24.4 Å². The van der Waals surface area contributed by atoms with Crippen molar-refractivity contribution in [2.75, 3.05) is 13.2 Å². The molecule has 0 aromatic carbocycles. The van der Waals surface area contributed by atoms with Crippen molar-refractivity contribution in [3.63, 3.8) is 0 Å². The number of hydrogen-bond acceptors (Lipinski definition) is 9. The van der Waals surface area contributed by atoms with Crippen molar-refractivity contribution < 1.29 is 20.1 Å². The summed E-state index contributed by atoms with van der Waals surface area (Å²) in [7, 11) is 0. The topological polar surface area (TPSA) is 161 Å². The zero-order chi connectivity index (χ0) is 17.5. The van der Waals surface area contributed by atoms with E-state index in [1.54, 1.807) is 13.8 Å².